The number of hydrogen-bond donors (Lipinski definition) is 2. The second kappa shape index (κ2) is 5.46. The molecule has 6 heteroatoms. The van der Waals surface area contributed by atoms with Crippen molar-refractivity contribution in [3.8, 4) is 11.3 Å². The van der Waals surface area contributed by atoms with Crippen molar-refractivity contribution in [1.29, 1.82) is 0 Å². The van der Waals surface area contributed by atoms with E-state index in [1.165, 1.54) is 11.3 Å². The summed E-state index contributed by atoms with van der Waals surface area (Å²) in [7, 11) is 0. The maximum absolute atomic E-state index is 5.26. The van der Waals surface area contributed by atoms with E-state index in [0.29, 0.717) is 0 Å². The van der Waals surface area contributed by atoms with Gasteiger partial charge >= 0.3 is 0 Å². The first-order valence-electron chi connectivity index (χ1n) is 3.97. The second-order valence-electron chi connectivity index (χ2n) is 2.69. The lowest BCUT2D eigenvalue weighted by molar-refractivity contribution is 1.29. The number of anilines is 1. The van der Waals surface area contributed by atoms with Gasteiger partial charge in [-0.3, -0.25) is 5.43 Å². The van der Waals surface area contributed by atoms with Crippen LogP contribution < -0.4 is 11.3 Å². The molecule has 0 atom stereocenters. The summed E-state index contributed by atoms with van der Waals surface area (Å²) >= 11 is 4.88. The zero-order valence-corrected chi connectivity index (χ0v) is 10.8. The minimum absolute atomic E-state index is 0. The van der Waals surface area contributed by atoms with Crippen LogP contribution in [-0.2, 0) is 0 Å². The Kier molecular flexibility index (Phi) is 4.53. The Hall–Kier alpha value is -0.620. The standard InChI is InChI=1S/C9H8BrN3S.ClH/c10-7-3-1-6(2-4-7)8-5-14-9(12-8)13-11;/h1-5H,11H2,(H,12,13);1H. The summed E-state index contributed by atoms with van der Waals surface area (Å²) in [4.78, 5) is 4.30. The summed E-state index contributed by atoms with van der Waals surface area (Å²) in [5.41, 5.74) is 4.56. The highest BCUT2D eigenvalue weighted by Gasteiger charge is 2.02. The fourth-order valence-electron chi connectivity index (χ4n) is 1.09. The lowest BCUT2D eigenvalue weighted by Crippen LogP contribution is -2.05. The quantitative estimate of drug-likeness (QED) is 0.661. The van der Waals surface area contributed by atoms with Crippen molar-refractivity contribution in [2.24, 2.45) is 5.84 Å². The van der Waals surface area contributed by atoms with E-state index in [0.717, 1.165) is 20.9 Å². The van der Waals surface area contributed by atoms with E-state index < -0.39 is 0 Å². The molecule has 0 spiro atoms. The Morgan fingerprint density at radius 3 is 2.47 bits per heavy atom. The van der Waals surface area contributed by atoms with Crippen molar-refractivity contribution >= 4 is 44.8 Å². The number of benzene rings is 1. The van der Waals surface area contributed by atoms with Crippen molar-refractivity contribution in [3.05, 3.63) is 34.1 Å². The van der Waals surface area contributed by atoms with Crippen LogP contribution >= 0.6 is 39.7 Å². The summed E-state index contributed by atoms with van der Waals surface area (Å²) in [5.74, 6) is 5.26. The van der Waals surface area contributed by atoms with E-state index in [1.54, 1.807) is 0 Å². The number of nitrogen functional groups attached to an aromatic ring is 1. The number of aromatic nitrogens is 1. The molecule has 80 valence electrons. The van der Waals surface area contributed by atoms with Gasteiger partial charge < -0.3 is 0 Å². The van der Waals surface area contributed by atoms with Crippen molar-refractivity contribution in [1.82, 2.24) is 4.98 Å². The molecule has 3 nitrogen and oxygen atoms in total. The molecule has 0 amide bonds. The van der Waals surface area contributed by atoms with Crippen LogP contribution in [0.25, 0.3) is 11.3 Å². The predicted octanol–water partition coefficient (Wildman–Crippen LogP) is 3.28. The van der Waals surface area contributed by atoms with E-state index in [-0.39, 0.29) is 12.4 Å². The first-order valence-corrected chi connectivity index (χ1v) is 5.65. The van der Waals surface area contributed by atoms with Crippen LogP contribution in [0.2, 0.25) is 0 Å². The fraction of sp³-hybridized carbons (Fsp3) is 0. The SMILES string of the molecule is Cl.NNc1nc(-c2ccc(Br)cc2)cs1. The highest BCUT2D eigenvalue weighted by Crippen LogP contribution is 2.25. The van der Waals surface area contributed by atoms with E-state index in [2.05, 4.69) is 26.3 Å². The van der Waals surface area contributed by atoms with Crippen molar-refractivity contribution in [2.75, 3.05) is 5.43 Å². The van der Waals surface area contributed by atoms with Gasteiger partial charge in [-0.2, -0.15) is 0 Å². The predicted molar refractivity (Wildman–Crippen MR) is 70.3 cm³/mol. The van der Waals surface area contributed by atoms with Gasteiger partial charge in [0.15, 0.2) is 5.13 Å². The maximum Gasteiger partial charge on any atom is 0.197 e. The molecule has 0 aliphatic heterocycles. The van der Waals surface area contributed by atoms with Gasteiger partial charge in [0.05, 0.1) is 5.69 Å². The van der Waals surface area contributed by atoms with Crippen LogP contribution in [0, 0.1) is 0 Å². The molecule has 15 heavy (non-hydrogen) atoms. The van der Waals surface area contributed by atoms with E-state index in [9.17, 15) is 0 Å². The normalized spacial score (nSPS) is 9.47. The van der Waals surface area contributed by atoms with Crippen molar-refractivity contribution in [3.63, 3.8) is 0 Å². The number of hydrogen-bond acceptors (Lipinski definition) is 4. The molecule has 0 saturated heterocycles. The molecule has 2 rings (SSSR count). The Morgan fingerprint density at radius 2 is 1.93 bits per heavy atom. The van der Waals surface area contributed by atoms with Gasteiger partial charge in [0.2, 0.25) is 0 Å². The van der Waals surface area contributed by atoms with Gasteiger partial charge in [-0.1, -0.05) is 28.1 Å². The van der Waals surface area contributed by atoms with E-state index >= 15 is 0 Å². The van der Waals surface area contributed by atoms with Crippen LogP contribution in [0.5, 0.6) is 0 Å². The zero-order valence-electron chi connectivity index (χ0n) is 7.61. The van der Waals surface area contributed by atoms with Crippen molar-refractivity contribution < 1.29 is 0 Å². The smallest absolute Gasteiger partial charge is 0.197 e. The summed E-state index contributed by atoms with van der Waals surface area (Å²) < 4.78 is 1.06. The Balaban J connectivity index is 0.00000112. The first kappa shape index (κ1) is 12.4. The minimum Gasteiger partial charge on any atom is -0.300 e. The molecule has 0 unspecified atom stereocenters. The van der Waals surface area contributed by atoms with E-state index in [4.69, 9.17) is 5.84 Å². The Morgan fingerprint density at radius 1 is 1.27 bits per heavy atom. The number of nitrogens with zero attached hydrogens (tertiary/aromatic N) is 1. The molecular weight excluding hydrogens is 298 g/mol. The Labute approximate surface area is 106 Å². The van der Waals surface area contributed by atoms with Gasteiger partial charge in [-0.25, -0.2) is 10.8 Å². The molecule has 0 bridgehead atoms. The van der Waals surface area contributed by atoms with Gasteiger partial charge in [0, 0.05) is 15.4 Å². The van der Waals surface area contributed by atoms with Crippen LogP contribution in [0.1, 0.15) is 0 Å². The molecule has 0 fully saturated rings. The average molecular weight is 307 g/mol. The molecule has 0 radical (unpaired) electrons. The molecule has 1 aromatic heterocycles. The summed E-state index contributed by atoms with van der Waals surface area (Å²) in [5, 5.41) is 2.70. The maximum atomic E-state index is 5.26. The van der Waals surface area contributed by atoms with Crippen LogP contribution in [-0.4, -0.2) is 4.98 Å². The third-order valence-corrected chi connectivity index (χ3v) is 3.07. The van der Waals surface area contributed by atoms with E-state index in [1.807, 2.05) is 29.6 Å². The van der Waals surface area contributed by atoms with Crippen LogP contribution in [0.4, 0.5) is 5.13 Å². The zero-order chi connectivity index (χ0) is 9.97. The Bertz CT molecular complexity index is 429. The largest absolute Gasteiger partial charge is 0.300 e. The monoisotopic (exact) mass is 305 g/mol. The van der Waals surface area contributed by atoms with Gasteiger partial charge in [-0.05, 0) is 12.1 Å². The molecule has 2 aromatic rings. The summed E-state index contributed by atoms with van der Waals surface area (Å²) in [6.45, 7) is 0. The number of nitrogens with two attached hydrogens (primary N) is 1. The summed E-state index contributed by atoms with van der Waals surface area (Å²) in [6, 6.07) is 8.01. The first-order chi connectivity index (χ1) is 6.79. The van der Waals surface area contributed by atoms with Crippen molar-refractivity contribution in [2.45, 2.75) is 0 Å². The topological polar surface area (TPSA) is 50.9 Å². The lowest BCUT2D eigenvalue weighted by Gasteiger charge is -1.96. The van der Waals surface area contributed by atoms with Gasteiger partial charge in [0.25, 0.3) is 0 Å². The molecular formula is C9H9BrClN3S. The molecule has 1 aromatic carbocycles. The highest BCUT2D eigenvalue weighted by molar-refractivity contribution is 9.10. The molecule has 3 N–H and O–H groups in total. The third kappa shape index (κ3) is 2.92. The lowest BCUT2D eigenvalue weighted by atomic mass is 10.2. The van der Waals surface area contributed by atoms with Gasteiger partial charge in [0.1, 0.15) is 0 Å². The van der Waals surface area contributed by atoms with Crippen LogP contribution in [0.3, 0.4) is 0 Å². The third-order valence-electron chi connectivity index (χ3n) is 1.77. The number of nitrogens with one attached hydrogen (secondary N) is 1. The number of halogens is 2. The molecule has 0 aliphatic carbocycles. The molecule has 1 heterocycles. The van der Waals surface area contributed by atoms with Crippen LogP contribution in [0.15, 0.2) is 34.1 Å². The number of hydrazine groups is 1. The summed E-state index contributed by atoms with van der Waals surface area (Å²) in [6.07, 6.45) is 0. The number of thiazole rings is 1. The average Bonchev–Trinajstić information content (AvgIpc) is 2.67. The molecule has 0 aliphatic rings. The fourth-order valence-corrected chi connectivity index (χ4v) is 1.99. The number of rotatable bonds is 2. The second-order valence-corrected chi connectivity index (χ2v) is 4.46. The van der Waals surface area contributed by atoms with Gasteiger partial charge in [-0.15, -0.1) is 23.7 Å². The minimum atomic E-state index is 0. The highest BCUT2D eigenvalue weighted by atomic mass is 79.9. The molecule has 0 saturated carbocycles.